The van der Waals surface area contributed by atoms with Gasteiger partial charge in [-0.2, -0.15) is 0 Å². The molecule has 0 saturated heterocycles. The molecular weight excluding hydrogens is 311 g/mol. The van der Waals surface area contributed by atoms with Crippen LogP contribution in [0.1, 0.15) is 18.9 Å². The summed E-state index contributed by atoms with van der Waals surface area (Å²) in [5.74, 6) is -0.0380. The highest BCUT2D eigenvalue weighted by Gasteiger charge is 2.42. The molecule has 0 aromatic heterocycles. The number of halogens is 1. The number of rotatable bonds is 4. The quantitative estimate of drug-likeness (QED) is 0.936. The maximum atomic E-state index is 13.9. The molecule has 1 aliphatic heterocycles. The van der Waals surface area contributed by atoms with E-state index in [1.165, 1.54) is 6.07 Å². The average molecular weight is 328 g/mol. The molecule has 3 rings (SSSR count). The zero-order chi connectivity index (χ0) is 17.2. The fourth-order valence-electron chi connectivity index (χ4n) is 2.44. The van der Waals surface area contributed by atoms with E-state index in [0.29, 0.717) is 22.7 Å². The highest BCUT2D eigenvalue weighted by Crippen LogP contribution is 2.29. The molecule has 2 aromatic rings. The lowest BCUT2D eigenvalue weighted by Gasteiger charge is -2.20. The first-order valence-electron chi connectivity index (χ1n) is 7.47. The van der Waals surface area contributed by atoms with Crippen LogP contribution in [0.3, 0.4) is 0 Å². The predicted octanol–water partition coefficient (Wildman–Crippen LogP) is 3.36. The minimum Gasteiger partial charge on any atom is -0.497 e. The topological polar surface area (TPSA) is 59.9 Å². The van der Waals surface area contributed by atoms with Crippen molar-refractivity contribution in [1.29, 1.82) is 0 Å². The first-order chi connectivity index (χ1) is 11.5. The Hall–Kier alpha value is -2.89. The summed E-state index contributed by atoms with van der Waals surface area (Å²) in [5.41, 5.74) is 0.196. The van der Waals surface area contributed by atoms with Crippen LogP contribution in [0, 0.1) is 5.82 Å². The Balaban J connectivity index is 1.71. The van der Waals surface area contributed by atoms with Crippen molar-refractivity contribution >= 4 is 17.3 Å². The Morgan fingerprint density at radius 1 is 1.25 bits per heavy atom. The Labute approximate surface area is 139 Å². The van der Waals surface area contributed by atoms with Crippen molar-refractivity contribution in [2.24, 2.45) is 5.16 Å². The normalized spacial score (nSPS) is 19.4. The van der Waals surface area contributed by atoms with Gasteiger partial charge in [0, 0.05) is 17.7 Å². The van der Waals surface area contributed by atoms with Crippen LogP contribution in [0.25, 0.3) is 0 Å². The molecule has 0 aliphatic carbocycles. The second-order valence-corrected chi connectivity index (χ2v) is 5.70. The SMILES string of the molecule is COc1ccc(NC(=O)C2(C)CC(c3ccccc3F)=NO2)cc1. The first kappa shape index (κ1) is 16.0. The Morgan fingerprint density at radius 3 is 2.62 bits per heavy atom. The molecule has 6 heteroatoms. The zero-order valence-corrected chi connectivity index (χ0v) is 13.4. The highest BCUT2D eigenvalue weighted by atomic mass is 19.1. The molecule has 0 saturated carbocycles. The van der Waals surface area contributed by atoms with Crippen LogP contribution in [-0.4, -0.2) is 24.3 Å². The third-order valence-electron chi connectivity index (χ3n) is 3.88. The van der Waals surface area contributed by atoms with Gasteiger partial charge in [-0.05, 0) is 37.3 Å². The Bertz CT molecular complexity index is 789. The second kappa shape index (κ2) is 6.31. The number of hydrogen-bond donors (Lipinski definition) is 1. The van der Waals surface area contributed by atoms with E-state index in [1.807, 2.05) is 0 Å². The molecule has 1 N–H and O–H groups in total. The highest BCUT2D eigenvalue weighted by molar-refractivity contribution is 6.08. The Morgan fingerprint density at radius 2 is 1.96 bits per heavy atom. The number of nitrogens with one attached hydrogen (secondary N) is 1. The monoisotopic (exact) mass is 328 g/mol. The number of nitrogens with zero attached hydrogens (tertiary/aromatic N) is 1. The fraction of sp³-hybridized carbons (Fsp3) is 0.222. The van der Waals surface area contributed by atoms with Crippen molar-refractivity contribution in [3.05, 3.63) is 59.9 Å². The van der Waals surface area contributed by atoms with E-state index in [-0.39, 0.29) is 18.1 Å². The molecule has 0 spiro atoms. The van der Waals surface area contributed by atoms with Crippen LogP contribution < -0.4 is 10.1 Å². The number of benzene rings is 2. The summed E-state index contributed by atoms with van der Waals surface area (Å²) in [6, 6.07) is 13.2. The molecule has 1 atom stereocenters. The molecule has 0 bridgehead atoms. The van der Waals surface area contributed by atoms with E-state index in [2.05, 4.69) is 10.5 Å². The third kappa shape index (κ3) is 3.08. The van der Waals surface area contributed by atoms with Gasteiger partial charge in [0.05, 0.1) is 12.8 Å². The summed E-state index contributed by atoms with van der Waals surface area (Å²) in [4.78, 5) is 17.8. The fourth-order valence-corrected chi connectivity index (χ4v) is 2.44. The summed E-state index contributed by atoms with van der Waals surface area (Å²) < 4.78 is 18.9. The molecule has 1 amide bonds. The smallest absolute Gasteiger partial charge is 0.271 e. The summed E-state index contributed by atoms with van der Waals surface area (Å²) >= 11 is 0. The minimum atomic E-state index is -1.18. The lowest BCUT2D eigenvalue weighted by molar-refractivity contribution is -0.135. The average Bonchev–Trinajstić information content (AvgIpc) is 2.99. The lowest BCUT2D eigenvalue weighted by Crippen LogP contribution is -2.40. The zero-order valence-electron chi connectivity index (χ0n) is 13.4. The molecule has 1 aliphatic rings. The van der Waals surface area contributed by atoms with E-state index < -0.39 is 5.60 Å². The molecular formula is C18H17FN2O3. The Kier molecular flexibility index (Phi) is 4.20. The summed E-state index contributed by atoms with van der Waals surface area (Å²) in [6.07, 6.45) is 0.190. The van der Waals surface area contributed by atoms with E-state index in [0.717, 1.165) is 0 Å². The van der Waals surface area contributed by atoms with Crippen molar-refractivity contribution < 1.29 is 18.8 Å². The number of hydrogen-bond acceptors (Lipinski definition) is 4. The molecule has 24 heavy (non-hydrogen) atoms. The number of ether oxygens (including phenoxy) is 1. The van der Waals surface area contributed by atoms with Gasteiger partial charge in [-0.1, -0.05) is 23.4 Å². The molecule has 1 heterocycles. The van der Waals surface area contributed by atoms with Crippen molar-refractivity contribution in [3.8, 4) is 5.75 Å². The summed E-state index contributed by atoms with van der Waals surface area (Å²) in [7, 11) is 1.57. The molecule has 1 unspecified atom stereocenters. The largest absolute Gasteiger partial charge is 0.497 e. The molecule has 124 valence electrons. The van der Waals surface area contributed by atoms with Gasteiger partial charge in [-0.25, -0.2) is 4.39 Å². The van der Waals surface area contributed by atoms with Crippen LogP contribution in [0.4, 0.5) is 10.1 Å². The van der Waals surface area contributed by atoms with Crippen molar-refractivity contribution in [2.45, 2.75) is 18.9 Å². The van der Waals surface area contributed by atoms with Gasteiger partial charge in [0.2, 0.25) is 5.60 Å². The van der Waals surface area contributed by atoms with Crippen LogP contribution in [0.15, 0.2) is 53.7 Å². The van der Waals surface area contributed by atoms with Crippen LogP contribution in [0.5, 0.6) is 5.75 Å². The summed E-state index contributed by atoms with van der Waals surface area (Å²) in [6.45, 7) is 1.63. The van der Waals surface area contributed by atoms with E-state index in [1.54, 1.807) is 56.5 Å². The first-order valence-corrected chi connectivity index (χ1v) is 7.47. The van der Waals surface area contributed by atoms with Gasteiger partial charge < -0.3 is 14.9 Å². The van der Waals surface area contributed by atoms with Gasteiger partial charge in [-0.3, -0.25) is 4.79 Å². The molecule has 2 aromatic carbocycles. The number of anilines is 1. The lowest BCUT2D eigenvalue weighted by atomic mass is 9.95. The van der Waals surface area contributed by atoms with Crippen LogP contribution >= 0.6 is 0 Å². The molecule has 0 fully saturated rings. The number of amides is 1. The number of carbonyl (C=O) groups is 1. The third-order valence-corrected chi connectivity index (χ3v) is 3.88. The van der Waals surface area contributed by atoms with Crippen LogP contribution in [0.2, 0.25) is 0 Å². The van der Waals surface area contributed by atoms with E-state index in [4.69, 9.17) is 9.57 Å². The standard InChI is InChI=1S/C18H17FN2O3/c1-18(17(22)20-12-7-9-13(23-2)10-8-12)11-16(21-24-18)14-5-3-4-6-15(14)19/h3-10H,11H2,1-2H3,(H,20,22). The van der Waals surface area contributed by atoms with Crippen molar-refractivity contribution in [3.63, 3.8) is 0 Å². The number of oxime groups is 1. The van der Waals surface area contributed by atoms with Crippen molar-refractivity contribution in [1.82, 2.24) is 0 Å². The van der Waals surface area contributed by atoms with Gasteiger partial charge in [-0.15, -0.1) is 0 Å². The summed E-state index contributed by atoms with van der Waals surface area (Å²) in [5, 5.41) is 6.68. The van der Waals surface area contributed by atoms with E-state index in [9.17, 15) is 9.18 Å². The van der Waals surface area contributed by atoms with Crippen LogP contribution in [-0.2, 0) is 9.63 Å². The maximum Gasteiger partial charge on any atom is 0.271 e. The predicted molar refractivity (Wildman–Crippen MR) is 88.7 cm³/mol. The molecule has 5 nitrogen and oxygen atoms in total. The second-order valence-electron chi connectivity index (χ2n) is 5.70. The number of methoxy groups -OCH3 is 1. The van der Waals surface area contributed by atoms with E-state index >= 15 is 0 Å². The minimum absolute atomic E-state index is 0.190. The van der Waals surface area contributed by atoms with Gasteiger partial charge >= 0.3 is 0 Å². The van der Waals surface area contributed by atoms with Gasteiger partial charge in [0.25, 0.3) is 5.91 Å². The molecule has 0 radical (unpaired) electrons. The maximum absolute atomic E-state index is 13.9. The number of carbonyl (C=O) groups excluding carboxylic acids is 1. The van der Waals surface area contributed by atoms with Crippen molar-refractivity contribution in [2.75, 3.05) is 12.4 Å². The van der Waals surface area contributed by atoms with Gasteiger partial charge in [0.15, 0.2) is 0 Å². The van der Waals surface area contributed by atoms with Gasteiger partial charge in [0.1, 0.15) is 11.6 Å².